The van der Waals surface area contributed by atoms with Crippen molar-refractivity contribution in [3.05, 3.63) is 0 Å². The van der Waals surface area contributed by atoms with Crippen LogP contribution in [0.25, 0.3) is 0 Å². The Labute approximate surface area is 95.9 Å². The zero-order valence-corrected chi connectivity index (χ0v) is 9.75. The minimum atomic E-state index is -0.212. The van der Waals surface area contributed by atoms with Crippen LogP contribution < -0.4 is 11.1 Å². The van der Waals surface area contributed by atoms with Crippen molar-refractivity contribution in [2.75, 3.05) is 13.1 Å². The lowest BCUT2D eigenvalue weighted by atomic mass is 9.79. The number of piperidine rings is 1. The van der Waals surface area contributed by atoms with Crippen LogP contribution in [-0.4, -0.2) is 35.9 Å². The van der Waals surface area contributed by atoms with E-state index in [0.29, 0.717) is 19.1 Å². The molecule has 5 nitrogen and oxygen atoms in total. The van der Waals surface area contributed by atoms with Crippen LogP contribution in [0.3, 0.4) is 0 Å². The summed E-state index contributed by atoms with van der Waals surface area (Å²) in [5, 5.41) is 10.5. The number of urea groups is 1. The van der Waals surface area contributed by atoms with Gasteiger partial charge in [0.05, 0.1) is 5.84 Å². The Balaban J connectivity index is 1.84. The molecular weight excluding hydrogens is 204 g/mol. The molecule has 5 heteroatoms. The van der Waals surface area contributed by atoms with Gasteiger partial charge < -0.3 is 16.0 Å². The molecule has 16 heavy (non-hydrogen) atoms. The molecule has 1 heterocycles. The topological polar surface area (TPSA) is 82.2 Å². The Hall–Kier alpha value is -1.26. The molecule has 0 unspecified atom stereocenters. The molecule has 1 saturated heterocycles. The highest BCUT2D eigenvalue weighted by Gasteiger charge is 2.35. The van der Waals surface area contributed by atoms with Gasteiger partial charge in [-0.15, -0.1) is 0 Å². The quantitative estimate of drug-likeness (QED) is 0.481. The molecule has 0 radical (unpaired) electrons. The largest absolute Gasteiger partial charge is 0.387 e. The highest BCUT2D eigenvalue weighted by molar-refractivity contribution is 5.83. The molecule has 0 aromatic rings. The molecule has 4 N–H and O–H groups in total. The maximum atomic E-state index is 11.8. The zero-order chi connectivity index (χ0) is 11.8. The van der Waals surface area contributed by atoms with E-state index in [1.165, 1.54) is 0 Å². The van der Waals surface area contributed by atoms with Gasteiger partial charge in [-0.3, -0.25) is 5.41 Å². The SMILES string of the molecule is CC1(C(=N)N)CCN(C(=O)NC2CC2)CC1. The molecule has 1 aliphatic heterocycles. The predicted molar refractivity (Wildman–Crippen MR) is 62.4 cm³/mol. The van der Waals surface area contributed by atoms with Crippen molar-refractivity contribution in [2.24, 2.45) is 11.1 Å². The van der Waals surface area contributed by atoms with Crippen molar-refractivity contribution in [2.45, 2.75) is 38.6 Å². The molecule has 0 aromatic heterocycles. The molecule has 90 valence electrons. The molecule has 0 atom stereocenters. The fourth-order valence-corrected chi connectivity index (χ4v) is 1.97. The van der Waals surface area contributed by atoms with Gasteiger partial charge in [0.2, 0.25) is 0 Å². The van der Waals surface area contributed by atoms with Gasteiger partial charge in [0.15, 0.2) is 0 Å². The van der Waals surface area contributed by atoms with Gasteiger partial charge in [-0.1, -0.05) is 6.92 Å². The number of amidine groups is 1. The summed E-state index contributed by atoms with van der Waals surface area (Å²) in [4.78, 5) is 13.6. The van der Waals surface area contributed by atoms with E-state index in [9.17, 15) is 4.79 Å². The van der Waals surface area contributed by atoms with E-state index >= 15 is 0 Å². The number of carbonyl (C=O) groups is 1. The van der Waals surface area contributed by atoms with E-state index in [1.54, 1.807) is 0 Å². The Bertz CT molecular complexity index is 303. The van der Waals surface area contributed by atoms with E-state index in [1.807, 2.05) is 11.8 Å². The second-order valence-electron chi connectivity index (χ2n) is 5.19. The summed E-state index contributed by atoms with van der Waals surface area (Å²) in [6, 6.07) is 0.460. The third kappa shape index (κ3) is 2.28. The lowest BCUT2D eigenvalue weighted by molar-refractivity contribution is 0.159. The van der Waals surface area contributed by atoms with E-state index in [-0.39, 0.29) is 17.3 Å². The van der Waals surface area contributed by atoms with Crippen LogP contribution in [0.5, 0.6) is 0 Å². The molecule has 0 spiro atoms. The maximum Gasteiger partial charge on any atom is 0.317 e. The standard InChI is InChI=1S/C11H20N4O/c1-11(9(12)13)4-6-15(7-5-11)10(16)14-8-2-3-8/h8H,2-7H2,1H3,(H3,12,13)(H,14,16). The number of carbonyl (C=O) groups excluding carboxylic acids is 1. The zero-order valence-electron chi connectivity index (χ0n) is 9.75. The van der Waals surface area contributed by atoms with E-state index in [0.717, 1.165) is 25.7 Å². The minimum absolute atomic E-state index is 0.0492. The third-order valence-corrected chi connectivity index (χ3v) is 3.71. The number of hydrogen-bond acceptors (Lipinski definition) is 2. The Morgan fingerprint density at radius 2 is 2.00 bits per heavy atom. The maximum absolute atomic E-state index is 11.8. The normalized spacial score (nSPS) is 23.9. The van der Waals surface area contributed by atoms with Crippen molar-refractivity contribution in [1.29, 1.82) is 5.41 Å². The van der Waals surface area contributed by atoms with Crippen LogP contribution >= 0.6 is 0 Å². The Morgan fingerprint density at radius 3 is 2.44 bits per heavy atom. The van der Waals surface area contributed by atoms with Gasteiger partial charge in [0, 0.05) is 24.5 Å². The molecule has 0 aromatic carbocycles. The lowest BCUT2D eigenvalue weighted by Gasteiger charge is -2.38. The fourth-order valence-electron chi connectivity index (χ4n) is 1.97. The van der Waals surface area contributed by atoms with Crippen LogP contribution in [-0.2, 0) is 0 Å². The second-order valence-corrected chi connectivity index (χ2v) is 5.19. The number of nitrogens with two attached hydrogens (primary N) is 1. The number of likely N-dealkylation sites (tertiary alicyclic amines) is 1. The summed E-state index contributed by atoms with van der Waals surface area (Å²) in [5.41, 5.74) is 5.37. The van der Waals surface area contributed by atoms with Gasteiger partial charge in [-0.25, -0.2) is 4.79 Å². The van der Waals surface area contributed by atoms with Crippen molar-refractivity contribution < 1.29 is 4.79 Å². The number of rotatable bonds is 2. The summed E-state index contributed by atoms with van der Waals surface area (Å²) in [6.07, 6.45) is 3.82. The van der Waals surface area contributed by atoms with Gasteiger partial charge in [-0.05, 0) is 25.7 Å². The van der Waals surface area contributed by atoms with Gasteiger partial charge >= 0.3 is 6.03 Å². The first kappa shape index (κ1) is 11.2. The molecule has 1 saturated carbocycles. The minimum Gasteiger partial charge on any atom is -0.387 e. The molecule has 0 bridgehead atoms. The number of nitrogens with one attached hydrogen (secondary N) is 2. The van der Waals surface area contributed by atoms with Crippen molar-refractivity contribution >= 4 is 11.9 Å². The Kier molecular flexibility index (Phi) is 2.78. The van der Waals surface area contributed by atoms with Crippen LogP contribution in [0.2, 0.25) is 0 Å². The van der Waals surface area contributed by atoms with E-state index in [2.05, 4.69) is 5.32 Å². The number of hydrogen-bond donors (Lipinski definition) is 3. The molecule has 2 rings (SSSR count). The summed E-state index contributed by atoms with van der Waals surface area (Å²) in [6.45, 7) is 3.41. The second kappa shape index (κ2) is 3.96. The van der Waals surface area contributed by atoms with E-state index < -0.39 is 0 Å². The van der Waals surface area contributed by atoms with Crippen LogP contribution in [0, 0.1) is 10.8 Å². The smallest absolute Gasteiger partial charge is 0.317 e. The van der Waals surface area contributed by atoms with Gasteiger partial charge in [0.25, 0.3) is 0 Å². The van der Waals surface area contributed by atoms with Crippen LogP contribution in [0.4, 0.5) is 4.79 Å². The summed E-state index contributed by atoms with van der Waals surface area (Å²) < 4.78 is 0. The average molecular weight is 224 g/mol. The molecule has 2 fully saturated rings. The van der Waals surface area contributed by atoms with Crippen LogP contribution in [0.15, 0.2) is 0 Å². The third-order valence-electron chi connectivity index (χ3n) is 3.71. The molecule has 2 amide bonds. The van der Waals surface area contributed by atoms with Crippen molar-refractivity contribution in [3.8, 4) is 0 Å². The predicted octanol–water partition coefficient (Wildman–Crippen LogP) is 0.896. The van der Waals surface area contributed by atoms with Crippen molar-refractivity contribution in [1.82, 2.24) is 10.2 Å². The number of nitrogens with zero attached hydrogens (tertiary/aromatic N) is 1. The molecule has 1 aliphatic carbocycles. The summed E-state index contributed by atoms with van der Waals surface area (Å²) in [5.74, 6) is 0.245. The first-order valence-corrected chi connectivity index (χ1v) is 5.91. The fraction of sp³-hybridized carbons (Fsp3) is 0.818. The van der Waals surface area contributed by atoms with Gasteiger partial charge in [-0.2, -0.15) is 0 Å². The highest BCUT2D eigenvalue weighted by atomic mass is 16.2. The lowest BCUT2D eigenvalue weighted by Crippen LogP contribution is -2.50. The summed E-state index contributed by atoms with van der Waals surface area (Å²) >= 11 is 0. The van der Waals surface area contributed by atoms with Gasteiger partial charge in [0.1, 0.15) is 0 Å². The monoisotopic (exact) mass is 224 g/mol. The summed E-state index contributed by atoms with van der Waals surface area (Å²) in [7, 11) is 0. The Morgan fingerprint density at radius 1 is 1.44 bits per heavy atom. The molecule has 2 aliphatic rings. The number of amides is 2. The molecular formula is C11H20N4O. The van der Waals surface area contributed by atoms with Crippen LogP contribution in [0.1, 0.15) is 32.6 Å². The first-order chi connectivity index (χ1) is 7.51. The first-order valence-electron chi connectivity index (χ1n) is 5.91. The van der Waals surface area contributed by atoms with Crippen molar-refractivity contribution in [3.63, 3.8) is 0 Å². The average Bonchev–Trinajstić information content (AvgIpc) is 3.02. The highest BCUT2D eigenvalue weighted by Crippen LogP contribution is 2.30. The van der Waals surface area contributed by atoms with E-state index in [4.69, 9.17) is 11.1 Å².